The number of carbonyl (C=O) groups is 1. The van der Waals surface area contributed by atoms with Crippen LogP contribution < -0.4 is 4.74 Å². The van der Waals surface area contributed by atoms with Gasteiger partial charge in [-0.1, -0.05) is 27.7 Å². The quantitative estimate of drug-likeness (QED) is 0.756. The fourth-order valence-electron chi connectivity index (χ4n) is 7.67. The average molecular weight is 387 g/mol. The molecule has 3 aliphatic carbocycles. The van der Waals surface area contributed by atoms with E-state index in [-0.39, 0.29) is 24.0 Å². The number of ether oxygens (including phenoxy) is 1. The second-order valence-corrected chi connectivity index (χ2v) is 10.3. The number of aliphatic hydroxyl groups excluding tert-OH is 1. The number of hydrogen-bond acceptors (Lipinski definition) is 3. The number of rotatable bonds is 5. The van der Waals surface area contributed by atoms with Gasteiger partial charge in [-0.2, -0.15) is 0 Å². The molecule has 4 nitrogen and oxygen atoms in total. The topological polar surface area (TPSA) is 66.8 Å². The molecule has 3 saturated carbocycles. The maximum Gasteiger partial charge on any atom is 0.335 e. The van der Waals surface area contributed by atoms with Crippen molar-refractivity contribution in [1.29, 1.82) is 0 Å². The second kappa shape index (κ2) is 6.48. The van der Waals surface area contributed by atoms with Gasteiger partial charge in [0.2, 0.25) is 0 Å². The van der Waals surface area contributed by atoms with E-state index in [2.05, 4.69) is 27.7 Å². The van der Waals surface area contributed by atoms with E-state index in [1.807, 2.05) is 6.07 Å². The van der Waals surface area contributed by atoms with Gasteiger partial charge in [0.25, 0.3) is 0 Å². The molecule has 5 unspecified atom stereocenters. The smallest absolute Gasteiger partial charge is 0.335 e. The zero-order valence-corrected chi connectivity index (χ0v) is 17.6. The molecule has 4 rings (SSSR count). The number of hydrogen-bond donors (Lipinski definition) is 2. The van der Waals surface area contributed by atoms with Gasteiger partial charge < -0.3 is 14.9 Å². The highest BCUT2D eigenvalue weighted by Gasteiger charge is 2.68. The number of carboxylic acids is 1. The molecule has 2 N–H and O–H groups in total. The van der Waals surface area contributed by atoms with Gasteiger partial charge in [-0.15, -0.1) is 0 Å². The third-order valence-corrected chi connectivity index (χ3v) is 9.02. The highest BCUT2D eigenvalue weighted by atomic mass is 16.5. The van der Waals surface area contributed by atoms with Gasteiger partial charge in [0.05, 0.1) is 12.2 Å². The third-order valence-electron chi connectivity index (χ3n) is 9.02. The number of carboxylic acid groups (broad SMARTS) is 1. The van der Waals surface area contributed by atoms with Crippen LogP contribution in [0.4, 0.5) is 0 Å². The molecule has 0 amide bonds. The van der Waals surface area contributed by atoms with E-state index in [4.69, 9.17) is 9.84 Å². The van der Waals surface area contributed by atoms with Crippen LogP contribution in [0.3, 0.4) is 0 Å². The van der Waals surface area contributed by atoms with Crippen molar-refractivity contribution >= 4 is 5.97 Å². The van der Waals surface area contributed by atoms with Crippen LogP contribution in [0.2, 0.25) is 0 Å². The average Bonchev–Trinajstić information content (AvgIpc) is 3.08. The van der Waals surface area contributed by atoms with Crippen LogP contribution in [-0.4, -0.2) is 29.4 Å². The summed E-state index contributed by atoms with van der Waals surface area (Å²) in [5.41, 5.74) is 1.78. The Bertz CT molecular complexity index is 785. The molecule has 1 spiro atoms. The molecule has 0 radical (unpaired) electrons. The van der Waals surface area contributed by atoms with Crippen molar-refractivity contribution in [2.24, 2.45) is 28.6 Å². The molecular formula is C24H34O4. The number of aliphatic hydroxyl groups is 1. The summed E-state index contributed by atoms with van der Waals surface area (Å²) in [4.78, 5) is 12.1. The molecule has 2 bridgehead atoms. The van der Waals surface area contributed by atoms with Crippen LogP contribution >= 0.6 is 0 Å². The van der Waals surface area contributed by atoms with E-state index < -0.39 is 5.97 Å². The van der Waals surface area contributed by atoms with Crippen LogP contribution in [0.5, 0.6) is 5.75 Å². The van der Waals surface area contributed by atoms with Crippen LogP contribution in [0.15, 0.2) is 18.2 Å². The van der Waals surface area contributed by atoms with Crippen molar-refractivity contribution in [2.45, 2.75) is 65.2 Å². The first-order chi connectivity index (χ1) is 13.2. The van der Waals surface area contributed by atoms with Crippen LogP contribution in [0, 0.1) is 28.6 Å². The Morgan fingerprint density at radius 2 is 1.93 bits per heavy atom. The van der Waals surface area contributed by atoms with Crippen molar-refractivity contribution in [2.75, 3.05) is 13.2 Å². The minimum atomic E-state index is -0.866. The molecule has 0 aliphatic heterocycles. The van der Waals surface area contributed by atoms with E-state index in [9.17, 15) is 9.90 Å². The molecule has 5 atom stereocenters. The minimum Gasteiger partial charge on any atom is -0.491 e. The summed E-state index contributed by atoms with van der Waals surface area (Å²) in [6, 6.07) is 5.34. The van der Waals surface area contributed by atoms with E-state index in [1.165, 1.54) is 25.7 Å². The van der Waals surface area contributed by atoms with E-state index in [0.29, 0.717) is 22.6 Å². The van der Waals surface area contributed by atoms with Crippen LogP contribution in [0.1, 0.15) is 75.7 Å². The fraction of sp³-hybridized carbons (Fsp3) is 0.708. The SMILES string of the molecule is CC1CCC2C(C)(C)C3CC12CCC3(C)c1cc(OCCO)ccc1C(=O)O. The zero-order valence-electron chi connectivity index (χ0n) is 17.6. The molecule has 154 valence electrons. The predicted octanol–water partition coefficient (Wildman–Crippen LogP) is 4.89. The number of aromatic carboxylic acids is 1. The third kappa shape index (κ3) is 2.56. The largest absolute Gasteiger partial charge is 0.491 e. The molecular weight excluding hydrogens is 352 g/mol. The van der Waals surface area contributed by atoms with Gasteiger partial charge in [-0.3, -0.25) is 0 Å². The summed E-state index contributed by atoms with van der Waals surface area (Å²) < 4.78 is 5.65. The summed E-state index contributed by atoms with van der Waals surface area (Å²) in [7, 11) is 0. The highest BCUT2D eigenvalue weighted by molar-refractivity contribution is 5.90. The summed E-state index contributed by atoms with van der Waals surface area (Å²) >= 11 is 0. The van der Waals surface area contributed by atoms with E-state index in [0.717, 1.165) is 23.8 Å². The van der Waals surface area contributed by atoms with Gasteiger partial charge >= 0.3 is 5.97 Å². The Kier molecular flexibility index (Phi) is 4.57. The number of benzene rings is 1. The zero-order chi connectivity index (χ0) is 20.3. The Hall–Kier alpha value is -1.55. The first-order valence-corrected chi connectivity index (χ1v) is 10.8. The molecule has 0 aromatic heterocycles. The molecule has 28 heavy (non-hydrogen) atoms. The molecule has 3 aliphatic rings. The molecule has 0 saturated heterocycles. The fourth-order valence-corrected chi connectivity index (χ4v) is 7.67. The van der Waals surface area contributed by atoms with Crippen molar-refractivity contribution in [3.63, 3.8) is 0 Å². The summed E-state index contributed by atoms with van der Waals surface area (Å²) in [5, 5.41) is 19.0. The van der Waals surface area contributed by atoms with E-state index >= 15 is 0 Å². The van der Waals surface area contributed by atoms with Gasteiger partial charge in [0.1, 0.15) is 12.4 Å². The van der Waals surface area contributed by atoms with Crippen molar-refractivity contribution in [3.05, 3.63) is 29.3 Å². The first kappa shape index (κ1) is 19.8. The normalized spacial score (nSPS) is 38.2. The number of fused-ring (bicyclic) bond motifs is 1. The van der Waals surface area contributed by atoms with E-state index in [1.54, 1.807) is 12.1 Å². The Balaban J connectivity index is 1.80. The lowest BCUT2D eigenvalue weighted by Gasteiger charge is -2.48. The maximum atomic E-state index is 12.1. The lowest BCUT2D eigenvalue weighted by Crippen LogP contribution is -2.43. The Labute approximate surface area is 168 Å². The van der Waals surface area contributed by atoms with Crippen LogP contribution in [0.25, 0.3) is 0 Å². The van der Waals surface area contributed by atoms with Gasteiger partial charge in [-0.25, -0.2) is 4.79 Å². The van der Waals surface area contributed by atoms with Gasteiger partial charge in [0.15, 0.2) is 0 Å². The minimum absolute atomic E-state index is 0.0506. The lowest BCUT2D eigenvalue weighted by molar-refractivity contribution is 0.0667. The highest BCUT2D eigenvalue weighted by Crippen LogP contribution is 2.75. The molecule has 1 aromatic rings. The molecule has 4 heteroatoms. The maximum absolute atomic E-state index is 12.1. The van der Waals surface area contributed by atoms with Crippen LogP contribution in [-0.2, 0) is 5.41 Å². The molecule has 1 aromatic carbocycles. The molecule has 3 fully saturated rings. The summed E-state index contributed by atoms with van der Waals surface area (Å²) in [6.45, 7) is 9.75. The standard InChI is InChI=1S/C24H34O4/c1-15-5-8-19-22(2,3)20-14-24(15,19)10-9-23(20,4)18-13-16(28-12-11-25)6-7-17(18)21(26)27/h6-7,13,15,19-20,25H,5,8-12,14H2,1-4H3,(H,26,27). The Morgan fingerprint density at radius 1 is 1.18 bits per heavy atom. The Morgan fingerprint density at radius 3 is 2.61 bits per heavy atom. The lowest BCUT2D eigenvalue weighted by atomic mass is 9.56. The van der Waals surface area contributed by atoms with Gasteiger partial charge in [-0.05, 0) is 89.9 Å². The van der Waals surface area contributed by atoms with Crippen molar-refractivity contribution in [1.82, 2.24) is 0 Å². The van der Waals surface area contributed by atoms with Crippen molar-refractivity contribution < 1.29 is 19.7 Å². The van der Waals surface area contributed by atoms with Crippen molar-refractivity contribution in [3.8, 4) is 5.75 Å². The second-order valence-electron chi connectivity index (χ2n) is 10.3. The predicted molar refractivity (Wildman–Crippen MR) is 109 cm³/mol. The first-order valence-electron chi connectivity index (χ1n) is 10.8. The summed E-state index contributed by atoms with van der Waals surface area (Å²) in [5.74, 6) is 1.76. The molecule has 0 heterocycles. The van der Waals surface area contributed by atoms with Gasteiger partial charge in [0, 0.05) is 0 Å². The summed E-state index contributed by atoms with van der Waals surface area (Å²) in [6.07, 6.45) is 6.08. The monoisotopic (exact) mass is 386 g/mol.